The zero-order valence-electron chi connectivity index (χ0n) is 16.1. The summed E-state index contributed by atoms with van der Waals surface area (Å²) in [5.41, 5.74) is 2.44. The average molecular weight is 389 g/mol. The lowest BCUT2D eigenvalue weighted by atomic mass is 9.52. The third-order valence-corrected chi connectivity index (χ3v) is 10.3. The average Bonchev–Trinajstić information content (AvgIpc) is 3.05. The molecule has 0 spiro atoms. The van der Waals surface area contributed by atoms with Crippen molar-refractivity contribution in [2.24, 2.45) is 11.3 Å². The Kier molecular flexibility index (Phi) is 4.16. The van der Waals surface area contributed by atoms with Crippen LogP contribution in [0.2, 0.25) is 0 Å². The van der Waals surface area contributed by atoms with E-state index in [1.807, 2.05) is 19.1 Å². The van der Waals surface area contributed by atoms with Crippen LogP contribution in [0.1, 0.15) is 67.7 Å². The predicted molar refractivity (Wildman–Crippen MR) is 109 cm³/mol. The molecule has 1 aromatic carbocycles. The van der Waals surface area contributed by atoms with E-state index in [-0.39, 0.29) is 10.8 Å². The molecule has 1 aromatic heterocycles. The summed E-state index contributed by atoms with van der Waals surface area (Å²) in [4.78, 5) is 1.78. The van der Waals surface area contributed by atoms with Crippen LogP contribution in [0.5, 0.6) is 0 Å². The Morgan fingerprint density at radius 2 is 1.73 bits per heavy atom. The smallest absolute Gasteiger partial charge is 0.185 e. The first-order valence-corrected chi connectivity index (χ1v) is 12.0. The lowest BCUT2D eigenvalue weighted by molar-refractivity contribution is 0.0416. The molecule has 0 unspecified atom stereocenters. The molecule has 2 aromatic rings. The summed E-state index contributed by atoms with van der Waals surface area (Å²) in [6.07, 6.45) is 4.33. The van der Waals surface area contributed by atoms with Gasteiger partial charge in [0, 0.05) is 10.3 Å². The number of benzene rings is 1. The van der Waals surface area contributed by atoms with Crippen LogP contribution in [0.3, 0.4) is 0 Å². The molecule has 2 nitrogen and oxygen atoms in total. The molecule has 4 rings (SSSR count). The van der Waals surface area contributed by atoms with E-state index in [1.165, 1.54) is 24.1 Å². The van der Waals surface area contributed by atoms with Gasteiger partial charge in [0.25, 0.3) is 0 Å². The normalized spacial score (nSPS) is 30.5. The Bertz CT molecular complexity index is 921. The van der Waals surface area contributed by atoms with Crippen molar-refractivity contribution >= 4 is 21.2 Å². The summed E-state index contributed by atoms with van der Waals surface area (Å²) < 4.78 is 27.1. The number of hydrogen-bond donors (Lipinski definition) is 0. The van der Waals surface area contributed by atoms with Gasteiger partial charge in [-0.3, -0.25) is 0 Å². The third-order valence-electron chi connectivity index (χ3n) is 6.96. The third kappa shape index (κ3) is 2.60. The minimum absolute atomic E-state index is 0.116. The molecule has 0 saturated heterocycles. The number of sulfone groups is 1. The summed E-state index contributed by atoms with van der Waals surface area (Å²) in [5.74, 6) is 0.403. The molecule has 0 amide bonds. The van der Waals surface area contributed by atoms with Crippen molar-refractivity contribution in [3.63, 3.8) is 0 Å². The van der Waals surface area contributed by atoms with Gasteiger partial charge in [-0.2, -0.15) is 0 Å². The Balaban J connectivity index is 1.85. The summed E-state index contributed by atoms with van der Waals surface area (Å²) in [5, 5.41) is 1.68. The Hall–Kier alpha value is -1.13. The van der Waals surface area contributed by atoms with Gasteiger partial charge in [0.1, 0.15) is 0 Å². The minimum atomic E-state index is -3.38. The van der Waals surface area contributed by atoms with Gasteiger partial charge in [-0.25, -0.2) is 8.42 Å². The number of thiophene rings is 1. The Morgan fingerprint density at radius 1 is 1.04 bits per heavy atom. The highest BCUT2D eigenvalue weighted by atomic mass is 32.2. The minimum Gasteiger partial charge on any atom is -0.223 e. The van der Waals surface area contributed by atoms with E-state index in [4.69, 9.17) is 0 Å². The maximum absolute atomic E-state index is 13.6. The number of fused-ring (bicyclic) bond motifs is 3. The fourth-order valence-electron chi connectivity index (χ4n) is 5.54. The van der Waals surface area contributed by atoms with Crippen molar-refractivity contribution in [1.82, 2.24) is 0 Å². The molecule has 0 N–H and O–H groups in total. The molecule has 0 aliphatic heterocycles. The summed E-state index contributed by atoms with van der Waals surface area (Å²) in [6.45, 7) is 9.04. The molecule has 0 radical (unpaired) electrons. The van der Waals surface area contributed by atoms with E-state index in [0.717, 1.165) is 17.5 Å². The zero-order chi connectivity index (χ0) is 18.7. The molecule has 4 heteroatoms. The molecule has 3 atom stereocenters. The molecule has 1 fully saturated rings. The van der Waals surface area contributed by atoms with Crippen molar-refractivity contribution in [1.29, 1.82) is 0 Å². The summed E-state index contributed by atoms with van der Waals surface area (Å²) >= 11 is 1.76. The van der Waals surface area contributed by atoms with E-state index < -0.39 is 15.1 Å². The monoisotopic (exact) mass is 388 g/mol. The topological polar surface area (TPSA) is 34.1 Å². The largest absolute Gasteiger partial charge is 0.223 e. The molecular weight excluding hydrogens is 360 g/mol. The van der Waals surface area contributed by atoms with Gasteiger partial charge < -0.3 is 0 Å². The number of rotatable bonds is 2. The molecule has 2 aliphatic rings. The van der Waals surface area contributed by atoms with Gasteiger partial charge >= 0.3 is 0 Å². The highest BCUT2D eigenvalue weighted by molar-refractivity contribution is 7.91. The van der Waals surface area contributed by atoms with Gasteiger partial charge in [-0.15, -0.1) is 11.3 Å². The lowest BCUT2D eigenvalue weighted by Crippen LogP contribution is -2.48. The van der Waals surface area contributed by atoms with Gasteiger partial charge in [-0.05, 0) is 66.7 Å². The van der Waals surface area contributed by atoms with Crippen LogP contribution in [-0.2, 0) is 15.3 Å². The highest BCUT2D eigenvalue weighted by Crippen LogP contribution is 2.61. The van der Waals surface area contributed by atoms with Crippen molar-refractivity contribution < 1.29 is 8.42 Å². The van der Waals surface area contributed by atoms with E-state index in [9.17, 15) is 8.42 Å². The summed E-state index contributed by atoms with van der Waals surface area (Å²) in [6, 6.07) is 9.42. The van der Waals surface area contributed by atoms with Gasteiger partial charge in [0.05, 0.1) is 10.1 Å². The van der Waals surface area contributed by atoms with Crippen LogP contribution in [0.25, 0.3) is 0 Å². The van der Waals surface area contributed by atoms with Gasteiger partial charge in [0.15, 0.2) is 9.84 Å². The van der Waals surface area contributed by atoms with Crippen molar-refractivity contribution in [3.8, 4) is 0 Å². The maximum atomic E-state index is 13.6. The molecule has 140 valence electrons. The van der Waals surface area contributed by atoms with Crippen molar-refractivity contribution in [2.75, 3.05) is 0 Å². The molecule has 1 heterocycles. The second kappa shape index (κ2) is 5.93. The fourth-order valence-corrected chi connectivity index (χ4v) is 8.64. The SMILES string of the molecule is Cc1ccc(S(=O)(=O)[C@H]2C[C@H]3C(C)(C)CCC[C@]3(C)c3sccc32)cc1. The maximum Gasteiger partial charge on any atom is 0.185 e. The second-order valence-corrected chi connectivity index (χ2v) is 12.1. The first kappa shape index (κ1) is 18.2. The van der Waals surface area contributed by atoms with E-state index in [0.29, 0.717) is 10.8 Å². The number of aryl methyl sites for hydroxylation is 1. The second-order valence-electron chi connectivity index (χ2n) is 9.10. The summed E-state index contributed by atoms with van der Waals surface area (Å²) in [7, 11) is -3.38. The predicted octanol–water partition coefficient (Wildman–Crippen LogP) is 6.06. The molecule has 0 bridgehead atoms. The van der Waals surface area contributed by atoms with Crippen molar-refractivity contribution in [3.05, 3.63) is 51.7 Å². The van der Waals surface area contributed by atoms with E-state index in [2.05, 4.69) is 32.2 Å². The van der Waals surface area contributed by atoms with Crippen LogP contribution in [-0.4, -0.2) is 8.42 Å². The van der Waals surface area contributed by atoms with Crippen LogP contribution >= 0.6 is 11.3 Å². The zero-order valence-corrected chi connectivity index (χ0v) is 17.7. The highest BCUT2D eigenvalue weighted by Gasteiger charge is 2.54. The molecule has 2 aliphatic carbocycles. The Morgan fingerprint density at radius 3 is 2.42 bits per heavy atom. The lowest BCUT2D eigenvalue weighted by Gasteiger charge is -2.54. The number of hydrogen-bond acceptors (Lipinski definition) is 3. The fraction of sp³-hybridized carbons (Fsp3) is 0.545. The van der Waals surface area contributed by atoms with E-state index in [1.54, 1.807) is 23.5 Å². The van der Waals surface area contributed by atoms with Crippen LogP contribution in [0.15, 0.2) is 40.6 Å². The van der Waals surface area contributed by atoms with Crippen LogP contribution in [0, 0.1) is 18.3 Å². The molecule has 26 heavy (non-hydrogen) atoms. The Labute approximate surface area is 161 Å². The van der Waals surface area contributed by atoms with Gasteiger partial charge in [0.2, 0.25) is 0 Å². The standard InChI is InChI=1S/C22H28O2S2/c1-15-6-8-16(9-7-15)26(23,24)18-14-19-21(2,3)11-5-12-22(19,4)20-17(18)10-13-25-20/h6-10,13,18-19H,5,11-12,14H2,1-4H3/t18-,19-,22-/m0/s1. The molecular formula is C22H28O2S2. The van der Waals surface area contributed by atoms with Crippen LogP contribution < -0.4 is 0 Å². The first-order valence-electron chi connectivity index (χ1n) is 9.55. The van der Waals surface area contributed by atoms with Gasteiger partial charge in [-0.1, -0.05) is 44.9 Å². The van der Waals surface area contributed by atoms with Crippen molar-refractivity contribution in [2.45, 2.75) is 68.9 Å². The quantitative estimate of drug-likeness (QED) is 0.627. The van der Waals surface area contributed by atoms with E-state index >= 15 is 0 Å². The first-order chi connectivity index (χ1) is 12.2. The molecule has 1 saturated carbocycles. The van der Waals surface area contributed by atoms with Crippen LogP contribution in [0.4, 0.5) is 0 Å².